The molecule has 1 aromatic rings. The summed E-state index contributed by atoms with van der Waals surface area (Å²) in [5.74, 6) is -0.445. The Kier molecular flexibility index (Phi) is 4.70. The molecule has 1 aromatic heterocycles. The van der Waals surface area contributed by atoms with Crippen molar-refractivity contribution in [1.29, 1.82) is 0 Å². The Hall–Kier alpha value is -0.650. The smallest absolute Gasteiger partial charge is 0.154 e. The summed E-state index contributed by atoms with van der Waals surface area (Å²) < 4.78 is 23.4. The molecule has 1 N–H and O–H groups in total. The second-order valence-electron chi connectivity index (χ2n) is 3.80. The first kappa shape index (κ1) is 13.4. The number of pyridine rings is 1. The third-order valence-electron chi connectivity index (χ3n) is 2.06. The molecule has 1 atom stereocenters. The SMILES string of the molecule is CC(CO)CS(=O)(=O)Cc1cccnc1Cl. The molecule has 0 spiro atoms. The summed E-state index contributed by atoms with van der Waals surface area (Å²) >= 11 is 5.78. The van der Waals surface area contributed by atoms with E-state index in [1.165, 1.54) is 6.20 Å². The molecule has 0 aliphatic rings. The Morgan fingerprint density at radius 3 is 2.81 bits per heavy atom. The molecule has 1 heterocycles. The fourth-order valence-electron chi connectivity index (χ4n) is 1.31. The second-order valence-corrected chi connectivity index (χ2v) is 6.26. The first-order chi connectivity index (χ1) is 7.44. The van der Waals surface area contributed by atoms with Crippen LogP contribution < -0.4 is 0 Å². The highest BCUT2D eigenvalue weighted by atomic mass is 35.5. The van der Waals surface area contributed by atoms with E-state index in [1.807, 2.05) is 0 Å². The Labute approximate surface area is 100 Å². The second kappa shape index (κ2) is 5.61. The zero-order valence-electron chi connectivity index (χ0n) is 8.93. The maximum absolute atomic E-state index is 11.7. The molecule has 0 bridgehead atoms. The quantitative estimate of drug-likeness (QED) is 0.813. The van der Waals surface area contributed by atoms with E-state index in [0.29, 0.717) is 5.56 Å². The Morgan fingerprint density at radius 2 is 2.25 bits per heavy atom. The lowest BCUT2D eigenvalue weighted by atomic mass is 10.2. The van der Waals surface area contributed by atoms with Crippen LogP contribution in [0.15, 0.2) is 18.3 Å². The van der Waals surface area contributed by atoms with Crippen molar-refractivity contribution in [1.82, 2.24) is 4.98 Å². The number of rotatable bonds is 5. The maximum atomic E-state index is 11.7. The highest BCUT2D eigenvalue weighted by molar-refractivity contribution is 7.90. The van der Waals surface area contributed by atoms with Gasteiger partial charge in [0.1, 0.15) is 5.15 Å². The molecule has 0 radical (unpaired) electrons. The van der Waals surface area contributed by atoms with E-state index >= 15 is 0 Å². The van der Waals surface area contributed by atoms with E-state index < -0.39 is 9.84 Å². The first-order valence-electron chi connectivity index (χ1n) is 4.85. The summed E-state index contributed by atoms with van der Waals surface area (Å²) in [5.41, 5.74) is 0.495. The van der Waals surface area contributed by atoms with Gasteiger partial charge in [-0.25, -0.2) is 13.4 Å². The maximum Gasteiger partial charge on any atom is 0.154 e. The Bertz CT molecular complexity index is 447. The monoisotopic (exact) mass is 263 g/mol. The number of aliphatic hydroxyl groups is 1. The summed E-state index contributed by atoms with van der Waals surface area (Å²) in [4.78, 5) is 3.81. The summed E-state index contributed by atoms with van der Waals surface area (Å²) in [6.07, 6.45) is 1.51. The van der Waals surface area contributed by atoms with Gasteiger partial charge < -0.3 is 5.11 Å². The van der Waals surface area contributed by atoms with E-state index in [2.05, 4.69) is 4.98 Å². The third-order valence-corrected chi connectivity index (χ3v) is 4.23. The van der Waals surface area contributed by atoms with E-state index in [-0.39, 0.29) is 29.2 Å². The molecular formula is C10H14ClNO3S. The Balaban J connectivity index is 2.77. The van der Waals surface area contributed by atoms with Crippen LogP contribution >= 0.6 is 11.6 Å². The lowest BCUT2D eigenvalue weighted by Gasteiger charge is -2.09. The van der Waals surface area contributed by atoms with Gasteiger partial charge in [-0.2, -0.15) is 0 Å². The average Bonchev–Trinajstić information content (AvgIpc) is 2.20. The van der Waals surface area contributed by atoms with Crippen molar-refractivity contribution >= 4 is 21.4 Å². The zero-order chi connectivity index (χ0) is 12.2. The lowest BCUT2D eigenvalue weighted by Crippen LogP contribution is -2.18. The summed E-state index contributed by atoms with van der Waals surface area (Å²) in [5, 5.41) is 9.03. The van der Waals surface area contributed by atoms with Gasteiger partial charge in [0, 0.05) is 18.4 Å². The Morgan fingerprint density at radius 1 is 1.56 bits per heavy atom. The van der Waals surface area contributed by atoms with Crippen LogP contribution in [0.2, 0.25) is 5.15 Å². The molecular weight excluding hydrogens is 250 g/mol. The highest BCUT2D eigenvalue weighted by Gasteiger charge is 2.17. The van der Waals surface area contributed by atoms with Gasteiger partial charge in [0.2, 0.25) is 0 Å². The molecule has 16 heavy (non-hydrogen) atoms. The minimum absolute atomic E-state index is 0.0469. The molecule has 0 saturated heterocycles. The molecule has 6 heteroatoms. The van der Waals surface area contributed by atoms with Crippen molar-refractivity contribution in [3.63, 3.8) is 0 Å². The predicted molar refractivity (Wildman–Crippen MR) is 63.0 cm³/mol. The van der Waals surface area contributed by atoms with Gasteiger partial charge in [0.05, 0.1) is 11.5 Å². The minimum atomic E-state index is -3.25. The van der Waals surface area contributed by atoms with Gasteiger partial charge in [-0.15, -0.1) is 0 Å². The predicted octanol–water partition coefficient (Wildman–Crippen LogP) is 1.28. The van der Waals surface area contributed by atoms with Gasteiger partial charge in [-0.1, -0.05) is 24.6 Å². The van der Waals surface area contributed by atoms with Gasteiger partial charge in [0.15, 0.2) is 9.84 Å². The molecule has 0 saturated carbocycles. The van der Waals surface area contributed by atoms with Crippen LogP contribution in [0, 0.1) is 5.92 Å². The molecule has 1 unspecified atom stereocenters. The van der Waals surface area contributed by atoms with Crippen LogP contribution in [0.1, 0.15) is 12.5 Å². The van der Waals surface area contributed by atoms with Crippen LogP contribution in [0.25, 0.3) is 0 Å². The standard InChI is InChI=1S/C10H14ClNO3S/c1-8(5-13)6-16(14,15)7-9-3-2-4-12-10(9)11/h2-4,8,13H,5-7H2,1H3. The molecule has 0 aliphatic carbocycles. The highest BCUT2D eigenvalue weighted by Crippen LogP contribution is 2.16. The average molecular weight is 264 g/mol. The summed E-state index contributed by atoms with van der Waals surface area (Å²) in [7, 11) is -3.25. The number of hydrogen-bond acceptors (Lipinski definition) is 4. The van der Waals surface area contributed by atoms with Crippen molar-refractivity contribution < 1.29 is 13.5 Å². The number of aromatic nitrogens is 1. The molecule has 4 nitrogen and oxygen atoms in total. The number of sulfone groups is 1. The van der Waals surface area contributed by atoms with E-state index in [0.717, 1.165) is 0 Å². The van der Waals surface area contributed by atoms with Crippen molar-refractivity contribution in [2.45, 2.75) is 12.7 Å². The topological polar surface area (TPSA) is 67.3 Å². The number of aliphatic hydroxyl groups excluding tert-OH is 1. The molecule has 0 aromatic carbocycles. The van der Waals surface area contributed by atoms with Crippen molar-refractivity contribution in [2.24, 2.45) is 5.92 Å². The van der Waals surface area contributed by atoms with E-state index in [9.17, 15) is 8.42 Å². The van der Waals surface area contributed by atoms with Crippen LogP contribution in [0.4, 0.5) is 0 Å². The van der Waals surface area contributed by atoms with E-state index in [4.69, 9.17) is 16.7 Å². The fraction of sp³-hybridized carbons (Fsp3) is 0.500. The summed E-state index contributed by atoms with van der Waals surface area (Å²) in [6.45, 7) is 1.54. The normalized spacial score (nSPS) is 13.7. The lowest BCUT2D eigenvalue weighted by molar-refractivity contribution is 0.249. The van der Waals surface area contributed by atoms with Gasteiger partial charge in [-0.3, -0.25) is 0 Å². The molecule has 1 rings (SSSR count). The minimum Gasteiger partial charge on any atom is -0.396 e. The number of nitrogens with zero attached hydrogens (tertiary/aromatic N) is 1. The van der Waals surface area contributed by atoms with Crippen LogP contribution in [0.3, 0.4) is 0 Å². The molecule has 0 amide bonds. The molecule has 0 aliphatic heterocycles. The zero-order valence-corrected chi connectivity index (χ0v) is 10.5. The van der Waals surface area contributed by atoms with Gasteiger partial charge in [-0.05, 0) is 12.0 Å². The fourth-order valence-corrected chi connectivity index (χ4v) is 3.37. The van der Waals surface area contributed by atoms with Crippen molar-refractivity contribution in [2.75, 3.05) is 12.4 Å². The molecule has 0 fully saturated rings. The van der Waals surface area contributed by atoms with Crippen LogP contribution in [0.5, 0.6) is 0 Å². The van der Waals surface area contributed by atoms with Gasteiger partial charge in [0.25, 0.3) is 0 Å². The van der Waals surface area contributed by atoms with Crippen molar-refractivity contribution in [3.8, 4) is 0 Å². The number of halogens is 1. The van der Waals surface area contributed by atoms with Gasteiger partial charge >= 0.3 is 0 Å². The van der Waals surface area contributed by atoms with Crippen LogP contribution in [-0.2, 0) is 15.6 Å². The van der Waals surface area contributed by atoms with Crippen molar-refractivity contribution in [3.05, 3.63) is 29.0 Å². The van der Waals surface area contributed by atoms with Crippen LogP contribution in [-0.4, -0.2) is 30.9 Å². The first-order valence-corrected chi connectivity index (χ1v) is 7.05. The molecule has 90 valence electrons. The number of hydrogen-bond donors (Lipinski definition) is 1. The summed E-state index contributed by atoms with van der Waals surface area (Å²) in [6, 6.07) is 3.28. The largest absolute Gasteiger partial charge is 0.396 e. The third kappa shape index (κ3) is 4.08. The van der Waals surface area contributed by atoms with E-state index in [1.54, 1.807) is 19.1 Å².